The molecule has 0 amide bonds. The minimum atomic E-state index is -0.240. The van der Waals surface area contributed by atoms with Gasteiger partial charge >= 0.3 is 5.97 Å². The zero-order valence-corrected chi connectivity index (χ0v) is 10.8. The minimum absolute atomic E-state index is 0.240. The average Bonchev–Trinajstić information content (AvgIpc) is 3.06. The van der Waals surface area contributed by atoms with E-state index >= 15 is 0 Å². The maximum atomic E-state index is 11.0. The number of hydrogen-bond donors (Lipinski definition) is 0. The summed E-state index contributed by atoms with van der Waals surface area (Å²) in [6, 6.07) is 3.50. The molecule has 19 heavy (non-hydrogen) atoms. The van der Waals surface area contributed by atoms with E-state index in [1.807, 2.05) is 11.9 Å². The summed E-state index contributed by atoms with van der Waals surface area (Å²) in [5.41, 5.74) is 0. The first kappa shape index (κ1) is 13.3. The van der Waals surface area contributed by atoms with Gasteiger partial charge in [0, 0.05) is 6.54 Å². The molecule has 0 radical (unpaired) electrons. The predicted molar refractivity (Wildman–Crippen MR) is 65.0 cm³/mol. The molecule has 0 unspecified atom stereocenters. The summed E-state index contributed by atoms with van der Waals surface area (Å²) in [5.74, 6) is 1.19. The van der Waals surface area contributed by atoms with Crippen LogP contribution in [0.25, 0.3) is 11.7 Å². The van der Waals surface area contributed by atoms with Gasteiger partial charge in [0.2, 0.25) is 0 Å². The van der Waals surface area contributed by atoms with Gasteiger partial charge in [-0.1, -0.05) is 5.16 Å². The molecular weight excluding hydrogens is 250 g/mol. The van der Waals surface area contributed by atoms with Crippen molar-refractivity contribution in [3.8, 4) is 11.7 Å². The van der Waals surface area contributed by atoms with Crippen molar-refractivity contribution < 1.29 is 18.5 Å². The Morgan fingerprint density at radius 2 is 2.37 bits per heavy atom. The molecule has 2 aromatic heterocycles. The molecule has 102 valence electrons. The summed E-state index contributed by atoms with van der Waals surface area (Å²) in [7, 11) is 3.24. The van der Waals surface area contributed by atoms with E-state index in [1.165, 1.54) is 7.11 Å². The van der Waals surface area contributed by atoms with Crippen LogP contribution < -0.4 is 0 Å². The predicted octanol–water partition coefficient (Wildman–Crippen LogP) is 1.32. The van der Waals surface area contributed by atoms with E-state index in [4.69, 9.17) is 8.94 Å². The molecule has 0 aliphatic rings. The first-order valence-corrected chi connectivity index (χ1v) is 5.81. The number of rotatable bonds is 6. The van der Waals surface area contributed by atoms with Crippen molar-refractivity contribution in [2.24, 2.45) is 0 Å². The Kier molecular flexibility index (Phi) is 4.30. The molecule has 0 fully saturated rings. The smallest absolute Gasteiger partial charge is 0.306 e. The fraction of sp³-hybridized carbons (Fsp3) is 0.417. The molecule has 0 spiro atoms. The van der Waals surface area contributed by atoms with Crippen molar-refractivity contribution in [2.45, 2.75) is 13.0 Å². The molecule has 0 aliphatic heterocycles. The van der Waals surface area contributed by atoms with Gasteiger partial charge in [0.25, 0.3) is 5.89 Å². The third-order valence-electron chi connectivity index (χ3n) is 2.54. The largest absolute Gasteiger partial charge is 0.469 e. The van der Waals surface area contributed by atoms with Crippen LogP contribution in [-0.4, -0.2) is 41.7 Å². The van der Waals surface area contributed by atoms with Gasteiger partial charge in [0.05, 0.1) is 26.3 Å². The highest BCUT2D eigenvalue weighted by atomic mass is 16.5. The highest BCUT2D eigenvalue weighted by Gasteiger charge is 2.13. The number of carbonyl (C=O) groups is 1. The van der Waals surface area contributed by atoms with Crippen LogP contribution in [0.15, 0.2) is 27.3 Å². The standard InChI is InChI=1S/C12H15N3O4/c1-15(6-5-11(16)17-2)8-10-13-12(19-14-10)9-4-3-7-18-9/h3-4,7H,5-6,8H2,1-2H3. The number of aromatic nitrogens is 2. The SMILES string of the molecule is COC(=O)CCN(C)Cc1noc(-c2ccco2)n1. The fourth-order valence-electron chi connectivity index (χ4n) is 1.52. The van der Waals surface area contributed by atoms with E-state index in [9.17, 15) is 4.79 Å². The van der Waals surface area contributed by atoms with E-state index in [1.54, 1.807) is 18.4 Å². The Morgan fingerprint density at radius 3 is 3.05 bits per heavy atom. The maximum Gasteiger partial charge on any atom is 0.306 e. The van der Waals surface area contributed by atoms with Crippen molar-refractivity contribution in [1.29, 1.82) is 0 Å². The number of esters is 1. The van der Waals surface area contributed by atoms with Gasteiger partial charge < -0.3 is 13.7 Å². The number of furan rings is 1. The molecule has 0 aliphatic carbocycles. The van der Waals surface area contributed by atoms with Gasteiger partial charge in [-0.15, -0.1) is 0 Å². The normalized spacial score (nSPS) is 10.9. The molecule has 0 saturated carbocycles. The monoisotopic (exact) mass is 265 g/mol. The summed E-state index contributed by atoms with van der Waals surface area (Å²) >= 11 is 0. The van der Waals surface area contributed by atoms with E-state index in [0.29, 0.717) is 37.0 Å². The quantitative estimate of drug-likeness (QED) is 0.728. The highest BCUT2D eigenvalue weighted by Crippen LogP contribution is 2.17. The molecule has 0 bridgehead atoms. The fourth-order valence-corrected chi connectivity index (χ4v) is 1.52. The zero-order chi connectivity index (χ0) is 13.7. The van der Waals surface area contributed by atoms with Crippen molar-refractivity contribution in [2.75, 3.05) is 20.7 Å². The third-order valence-corrected chi connectivity index (χ3v) is 2.54. The number of nitrogens with zero attached hydrogens (tertiary/aromatic N) is 3. The molecule has 2 heterocycles. The Labute approximate surface area is 110 Å². The van der Waals surface area contributed by atoms with Crippen LogP contribution >= 0.6 is 0 Å². The first-order valence-electron chi connectivity index (χ1n) is 5.81. The van der Waals surface area contributed by atoms with Gasteiger partial charge in [0.15, 0.2) is 11.6 Å². The average molecular weight is 265 g/mol. The zero-order valence-electron chi connectivity index (χ0n) is 10.8. The van der Waals surface area contributed by atoms with Gasteiger partial charge in [-0.2, -0.15) is 4.98 Å². The lowest BCUT2D eigenvalue weighted by atomic mass is 10.4. The minimum Gasteiger partial charge on any atom is -0.469 e. The molecule has 7 nitrogen and oxygen atoms in total. The Morgan fingerprint density at radius 1 is 1.53 bits per heavy atom. The molecule has 7 heteroatoms. The van der Waals surface area contributed by atoms with Gasteiger partial charge in [0.1, 0.15) is 0 Å². The number of hydrogen-bond acceptors (Lipinski definition) is 7. The summed E-state index contributed by atoms with van der Waals surface area (Å²) < 4.78 is 14.8. The Balaban J connectivity index is 1.88. The van der Waals surface area contributed by atoms with Crippen molar-refractivity contribution in [1.82, 2.24) is 15.0 Å². The topological polar surface area (TPSA) is 81.6 Å². The van der Waals surface area contributed by atoms with E-state index in [0.717, 1.165) is 0 Å². The van der Waals surface area contributed by atoms with Crippen LogP contribution in [0.2, 0.25) is 0 Å². The molecular formula is C12H15N3O4. The molecule has 0 aromatic carbocycles. The van der Waals surface area contributed by atoms with Crippen molar-refractivity contribution in [3.63, 3.8) is 0 Å². The molecule has 0 saturated heterocycles. The summed E-state index contributed by atoms with van der Waals surface area (Å²) in [5, 5.41) is 3.86. The first-order chi connectivity index (χ1) is 9.19. The van der Waals surface area contributed by atoms with E-state index in [2.05, 4.69) is 14.9 Å². The van der Waals surface area contributed by atoms with Crippen LogP contribution in [0.1, 0.15) is 12.2 Å². The molecule has 0 N–H and O–H groups in total. The van der Waals surface area contributed by atoms with Gasteiger partial charge in [-0.3, -0.25) is 9.69 Å². The Hall–Kier alpha value is -2.15. The van der Waals surface area contributed by atoms with Crippen LogP contribution in [0.4, 0.5) is 0 Å². The van der Waals surface area contributed by atoms with Crippen LogP contribution in [0, 0.1) is 0 Å². The lowest BCUT2D eigenvalue weighted by Crippen LogP contribution is -2.22. The number of carbonyl (C=O) groups excluding carboxylic acids is 1. The summed E-state index contributed by atoms with van der Waals surface area (Å²) in [6.07, 6.45) is 1.87. The van der Waals surface area contributed by atoms with E-state index in [-0.39, 0.29) is 5.97 Å². The van der Waals surface area contributed by atoms with Crippen molar-refractivity contribution >= 4 is 5.97 Å². The van der Waals surface area contributed by atoms with Crippen LogP contribution in [-0.2, 0) is 16.1 Å². The molecule has 2 aromatic rings. The maximum absolute atomic E-state index is 11.0. The third kappa shape index (κ3) is 3.65. The second kappa shape index (κ2) is 6.14. The van der Waals surface area contributed by atoms with Gasteiger partial charge in [-0.05, 0) is 19.2 Å². The number of methoxy groups -OCH3 is 1. The lowest BCUT2D eigenvalue weighted by molar-refractivity contribution is -0.140. The van der Waals surface area contributed by atoms with Crippen molar-refractivity contribution in [3.05, 3.63) is 24.2 Å². The van der Waals surface area contributed by atoms with Crippen LogP contribution in [0.5, 0.6) is 0 Å². The Bertz CT molecular complexity index is 521. The lowest BCUT2D eigenvalue weighted by Gasteiger charge is -2.12. The second-order valence-electron chi connectivity index (χ2n) is 4.06. The second-order valence-corrected chi connectivity index (χ2v) is 4.06. The number of ether oxygens (including phenoxy) is 1. The summed E-state index contributed by atoms with van der Waals surface area (Å²) in [4.78, 5) is 17.1. The van der Waals surface area contributed by atoms with Crippen LogP contribution in [0.3, 0.4) is 0 Å². The van der Waals surface area contributed by atoms with E-state index < -0.39 is 0 Å². The summed E-state index contributed by atoms with van der Waals surface area (Å²) in [6.45, 7) is 1.05. The molecule has 2 rings (SSSR count). The highest BCUT2D eigenvalue weighted by molar-refractivity contribution is 5.69. The van der Waals surface area contributed by atoms with Gasteiger partial charge in [-0.25, -0.2) is 0 Å². The molecule has 0 atom stereocenters.